The highest BCUT2D eigenvalue weighted by atomic mass is 19.4. The maximum Gasteiger partial charge on any atom is 0.416 e. The van der Waals surface area contributed by atoms with Crippen LogP contribution in [-0.2, 0) is 12.6 Å². The number of alkyl halides is 3. The molecule has 0 fully saturated rings. The molecule has 0 spiro atoms. The molecule has 0 amide bonds. The third-order valence-electron chi connectivity index (χ3n) is 3.60. The molecule has 2 N–H and O–H groups in total. The topological polar surface area (TPSA) is 29.3 Å². The fourth-order valence-electron chi connectivity index (χ4n) is 2.84. The van der Waals surface area contributed by atoms with Crippen LogP contribution >= 0.6 is 0 Å². The van der Waals surface area contributed by atoms with Crippen molar-refractivity contribution in [1.29, 1.82) is 0 Å². The van der Waals surface area contributed by atoms with Crippen molar-refractivity contribution < 1.29 is 13.2 Å². The molecule has 0 aliphatic carbocycles. The standard InChI is InChI=1S/C14H19F3N2/c1-9(2)19-12(5-6-18)7-10-3-4-11(8-13(10)19)14(15,16)17/h3-4,8-9,12H,5-7,18H2,1-2H3. The van der Waals surface area contributed by atoms with Crippen molar-refractivity contribution in [2.45, 2.75) is 44.9 Å². The van der Waals surface area contributed by atoms with Crippen molar-refractivity contribution in [3.63, 3.8) is 0 Å². The Hall–Kier alpha value is -1.23. The zero-order valence-corrected chi connectivity index (χ0v) is 11.2. The average Bonchev–Trinajstić information content (AvgIpc) is 2.65. The summed E-state index contributed by atoms with van der Waals surface area (Å²) < 4.78 is 38.4. The van der Waals surface area contributed by atoms with E-state index < -0.39 is 11.7 Å². The molecule has 1 aliphatic heterocycles. The molecule has 19 heavy (non-hydrogen) atoms. The molecule has 1 heterocycles. The summed E-state index contributed by atoms with van der Waals surface area (Å²) in [7, 11) is 0. The van der Waals surface area contributed by atoms with Gasteiger partial charge in [0.1, 0.15) is 0 Å². The Morgan fingerprint density at radius 2 is 2.05 bits per heavy atom. The first kappa shape index (κ1) is 14.2. The van der Waals surface area contributed by atoms with E-state index in [2.05, 4.69) is 4.90 Å². The molecule has 0 saturated carbocycles. The van der Waals surface area contributed by atoms with Gasteiger partial charge in [-0.25, -0.2) is 0 Å². The lowest BCUT2D eigenvalue weighted by molar-refractivity contribution is -0.137. The minimum absolute atomic E-state index is 0.168. The number of halogens is 3. The van der Waals surface area contributed by atoms with Crippen LogP contribution in [0.15, 0.2) is 18.2 Å². The maximum atomic E-state index is 12.8. The van der Waals surface area contributed by atoms with Gasteiger partial charge in [-0.3, -0.25) is 0 Å². The first-order chi connectivity index (χ1) is 8.84. The summed E-state index contributed by atoms with van der Waals surface area (Å²) in [5.41, 5.74) is 6.72. The lowest BCUT2D eigenvalue weighted by Gasteiger charge is -2.31. The SMILES string of the molecule is CC(C)N1c2cc(C(F)(F)F)ccc2CC1CCN. The molecule has 0 saturated heterocycles. The van der Waals surface area contributed by atoms with Crippen molar-refractivity contribution in [2.75, 3.05) is 11.4 Å². The van der Waals surface area contributed by atoms with Gasteiger partial charge >= 0.3 is 6.18 Å². The van der Waals surface area contributed by atoms with Gasteiger partial charge in [0.25, 0.3) is 0 Å². The Kier molecular flexibility index (Phi) is 3.76. The smallest absolute Gasteiger partial charge is 0.365 e. The zero-order valence-electron chi connectivity index (χ0n) is 11.2. The monoisotopic (exact) mass is 272 g/mol. The maximum absolute atomic E-state index is 12.8. The predicted molar refractivity (Wildman–Crippen MR) is 70.2 cm³/mol. The number of nitrogens with two attached hydrogens (primary N) is 1. The van der Waals surface area contributed by atoms with Crippen LogP contribution in [0.25, 0.3) is 0 Å². The molecule has 0 aromatic heterocycles. The lowest BCUT2D eigenvalue weighted by atomic mass is 10.1. The van der Waals surface area contributed by atoms with Crippen molar-refractivity contribution in [1.82, 2.24) is 0 Å². The van der Waals surface area contributed by atoms with Crippen LogP contribution in [-0.4, -0.2) is 18.6 Å². The molecule has 1 aromatic carbocycles. The highest BCUT2D eigenvalue weighted by molar-refractivity contribution is 5.62. The van der Waals surface area contributed by atoms with E-state index in [9.17, 15) is 13.2 Å². The Balaban J connectivity index is 2.40. The summed E-state index contributed by atoms with van der Waals surface area (Å²) in [5.74, 6) is 0. The minimum atomic E-state index is -4.29. The van der Waals surface area contributed by atoms with E-state index in [0.29, 0.717) is 12.2 Å². The van der Waals surface area contributed by atoms with E-state index in [4.69, 9.17) is 5.73 Å². The second-order valence-corrected chi connectivity index (χ2v) is 5.28. The number of rotatable bonds is 3. The average molecular weight is 272 g/mol. The summed E-state index contributed by atoms with van der Waals surface area (Å²) in [4.78, 5) is 2.07. The van der Waals surface area contributed by atoms with Crippen LogP contribution in [0.4, 0.5) is 18.9 Å². The van der Waals surface area contributed by atoms with Gasteiger partial charge < -0.3 is 10.6 Å². The molecular formula is C14H19F3N2. The second kappa shape index (κ2) is 5.04. The van der Waals surface area contributed by atoms with Crippen molar-refractivity contribution in [3.05, 3.63) is 29.3 Å². The summed E-state index contributed by atoms with van der Waals surface area (Å²) in [5, 5.41) is 0. The minimum Gasteiger partial charge on any atom is -0.365 e. The first-order valence-corrected chi connectivity index (χ1v) is 6.53. The molecule has 106 valence electrons. The van der Waals surface area contributed by atoms with Gasteiger partial charge in [0.2, 0.25) is 0 Å². The van der Waals surface area contributed by atoms with Crippen LogP contribution in [0.2, 0.25) is 0 Å². The number of hydrogen-bond acceptors (Lipinski definition) is 2. The molecular weight excluding hydrogens is 253 g/mol. The molecule has 1 aliphatic rings. The van der Waals surface area contributed by atoms with E-state index in [-0.39, 0.29) is 12.1 Å². The van der Waals surface area contributed by atoms with Gasteiger partial charge in [0, 0.05) is 17.8 Å². The number of nitrogens with zero attached hydrogens (tertiary/aromatic N) is 1. The fraction of sp³-hybridized carbons (Fsp3) is 0.571. The summed E-state index contributed by atoms with van der Waals surface area (Å²) in [6.45, 7) is 4.55. The molecule has 2 nitrogen and oxygen atoms in total. The van der Waals surface area contributed by atoms with Gasteiger partial charge in [-0.15, -0.1) is 0 Å². The van der Waals surface area contributed by atoms with Crippen molar-refractivity contribution in [3.8, 4) is 0 Å². The van der Waals surface area contributed by atoms with Crippen LogP contribution in [0.1, 0.15) is 31.4 Å². The first-order valence-electron chi connectivity index (χ1n) is 6.53. The Morgan fingerprint density at radius 1 is 1.37 bits per heavy atom. The highest BCUT2D eigenvalue weighted by Crippen LogP contribution is 2.39. The van der Waals surface area contributed by atoms with Gasteiger partial charge in [0.05, 0.1) is 5.56 Å². The molecule has 2 rings (SSSR count). The molecule has 0 bridgehead atoms. The molecule has 1 atom stereocenters. The highest BCUT2D eigenvalue weighted by Gasteiger charge is 2.35. The summed E-state index contributed by atoms with van der Waals surface area (Å²) in [6.07, 6.45) is -2.71. The van der Waals surface area contributed by atoms with E-state index >= 15 is 0 Å². The number of fused-ring (bicyclic) bond motifs is 1. The van der Waals surface area contributed by atoms with Crippen LogP contribution in [0.5, 0.6) is 0 Å². The van der Waals surface area contributed by atoms with Crippen molar-refractivity contribution in [2.24, 2.45) is 5.73 Å². The van der Waals surface area contributed by atoms with E-state index in [0.717, 1.165) is 18.4 Å². The number of anilines is 1. The largest absolute Gasteiger partial charge is 0.416 e. The Morgan fingerprint density at radius 3 is 2.58 bits per heavy atom. The second-order valence-electron chi connectivity index (χ2n) is 5.28. The molecule has 1 unspecified atom stereocenters. The van der Waals surface area contributed by atoms with Crippen molar-refractivity contribution >= 4 is 5.69 Å². The van der Waals surface area contributed by atoms with Gasteiger partial charge in [-0.2, -0.15) is 13.2 Å². The predicted octanol–water partition coefficient (Wildman–Crippen LogP) is 3.19. The van der Waals surface area contributed by atoms with E-state index in [1.54, 1.807) is 6.07 Å². The third kappa shape index (κ3) is 2.71. The molecule has 5 heteroatoms. The Labute approximate surface area is 111 Å². The van der Waals surface area contributed by atoms with E-state index in [1.165, 1.54) is 12.1 Å². The summed E-state index contributed by atoms with van der Waals surface area (Å²) in [6, 6.07) is 4.42. The Bertz CT molecular complexity index is 454. The van der Waals surface area contributed by atoms with Crippen LogP contribution < -0.4 is 10.6 Å². The van der Waals surface area contributed by atoms with Crippen LogP contribution in [0.3, 0.4) is 0 Å². The van der Waals surface area contributed by atoms with Gasteiger partial charge in [-0.1, -0.05) is 6.07 Å². The summed E-state index contributed by atoms with van der Waals surface area (Å²) >= 11 is 0. The quantitative estimate of drug-likeness (QED) is 0.915. The lowest BCUT2D eigenvalue weighted by Crippen LogP contribution is -2.39. The molecule has 0 radical (unpaired) electrons. The zero-order chi connectivity index (χ0) is 14.2. The van der Waals surface area contributed by atoms with Gasteiger partial charge in [-0.05, 0) is 50.9 Å². The third-order valence-corrected chi connectivity index (χ3v) is 3.60. The number of benzene rings is 1. The normalized spacial score (nSPS) is 19.1. The molecule has 1 aromatic rings. The van der Waals surface area contributed by atoms with Crippen LogP contribution in [0, 0.1) is 0 Å². The van der Waals surface area contributed by atoms with Gasteiger partial charge in [0.15, 0.2) is 0 Å². The van der Waals surface area contributed by atoms with E-state index in [1.807, 2.05) is 13.8 Å². The fourth-order valence-corrected chi connectivity index (χ4v) is 2.84. The number of hydrogen-bond donors (Lipinski definition) is 1.